The second-order valence-corrected chi connectivity index (χ2v) is 4.87. The number of carbonyl (C=O) groups is 1. The lowest BCUT2D eigenvalue weighted by Gasteiger charge is -2.08. The zero-order valence-corrected chi connectivity index (χ0v) is 12.2. The van der Waals surface area contributed by atoms with E-state index in [4.69, 9.17) is 0 Å². The molecule has 6 heteroatoms. The fourth-order valence-electron chi connectivity index (χ4n) is 2.04. The number of nitro benzene ring substituents is 1. The summed E-state index contributed by atoms with van der Waals surface area (Å²) in [6, 6.07) is 13.9. The largest absolute Gasteiger partial charge is 0.379 e. The fraction of sp³-hybridized carbons (Fsp3) is 0.188. The fourth-order valence-corrected chi connectivity index (χ4v) is 2.04. The Morgan fingerprint density at radius 2 is 1.95 bits per heavy atom. The Morgan fingerprint density at radius 3 is 2.68 bits per heavy atom. The van der Waals surface area contributed by atoms with E-state index in [9.17, 15) is 14.9 Å². The van der Waals surface area contributed by atoms with Gasteiger partial charge in [-0.1, -0.05) is 24.3 Å². The van der Waals surface area contributed by atoms with Crippen molar-refractivity contribution in [1.82, 2.24) is 0 Å². The summed E-state index contributed by atoms with van der Waals surface area (Å²) in [4.78, 5) is 22.3. The van der Waals surface area contributed by atoms with Crippen LogP contribution in [0.4, 0.5) is 17.1 Å². The standard InChI is InChI=1S/C16H17N3O3/c1-12-5-4-6-13(11-12)18-16(20)9-10-17-14-7-2-3-8-15(14)19(21)22/h2-8,11,17H,9-10H2,1H3,(H,18,20). The van der Waals surface area contributed by atoms with E-state index in [0.29, 0.717) is 12.2 Å². The van der Waals surface area contributed by atoms with Crippen LogP contribution >= 0.6 is 0 Å². The molecule has 0 fully saturated rings. The number of hydrogen-bond donors (Lipinski definition) is 2. The lowest BCUT2D eigenvalue weighted by Crippen LogP contribution is -2.16. The Hall–Kier alpha value is -2.89. The van der Waals surface area contributed by atoms with Crippen LogP contribution < -0.4 is 10.6 Å². The highest BCUT2D eigenvalue weighted by atomic mass is 16.6. The van der Waals surface area contributed by atoms with Crippen LogP contribution in [0.1, 0.15) is 12.0 Å². The molecule has 0 aliphatic carbocycles. The number of benzene rings is 2. The molecule has 0 aliphatic rings. The Labute approximate surface area is 128 Å². The van der Waals surface area contributed by atoms with Gasteiger partial charge in [-0.05, 0) is 30.7 Å². The summed E-state index contributed by atoms with van der Waals surface area (Å²) in [5.41, 5.74) is 2.23. The van der Waals surface area contributed by atoms with Crippen molar-refractivity contribution in [3.05, 3.63) is 64.2 Å². The summed E-state index contributed by atoms with van der Waals surface area (Å²) in [5.74, 6) is -0.142. The number of anilines is 2. The molecule has 2 aromatic carbocycles. The van der Waals surface area contributed by atoms with Gasteiger partial charge in [-0.15, -0.1) is 0 Å². The molecule has 0 atom stereocenters. The number of nitrogens with zero attached hydrogens (tertiary/aromatic N) is 1. The summed E-state index contributed by atoms with van der Waals surface area (Å²) in [6.07, 6.45) is 0.222. The zero-order valence-electron chi connectivity index (χ0n) is 12.2. The number of para-hydroxylation sites is 2. The first-order chi connectivity index (χ1) is 10.6. The highest BCUT2D eigenvalue weighted by molar-refractivity contribution is 5.91. The van der Waals surface area contributed by atoms with E-state index < -0.39 is 4.92 Å². The highest BCUT2D eigenvalue weighted by Gasteiger charge is 2.12. The molecule has 0 radical (unpaired) electrons. The molecule has 0 heterocycles. The molecule has 114 valence electrons. The van der Waals surface area contributed by atoms with Crippen LogP contribution in [0, 0.1) is 17.0 Å². The number of amides is 1. The van der Waals surface area contributed by atoms with E-state index in [1.807, 2.05) is 31.2 Å². The predicted octanol–water partition coefficient (Wildman–Crippen LogP) is 3.34. The van der Waals surface area contributed by atoms with Crippen molar-refractivity contribution in [1.29, 1.82) is 0 Å². The number of hydrogen-bond acceptors (Lipinski definition) is 4. The SMILES string of the molecule is Cc1cccc(NC(=O)CCNc2ccccc2[N+](=O)[O-])c1. The van der Waals surface area contributed by atoms with Crippen LogP contribution in [0.2, 0.25) is 0 Å². The minimum absolute atomic E-state index is 0.00147. The van der Waals surface area contributed by atoms with Gasteiger partial charge in [-0.3, -0.25) is 14.9 Å². The molecule has 1 amide bonds. The van der Waals surface area contributed by atoms with E-state index in [1.54, 1.807) is 18.2 Å². The van der Waals surface area contributed by atoms with E-state index in [-0.39, 0.29) is 18.0 Å². The molecule has 0 bridgehead atoms. The molecule has 0 aromatic heterocycles. The van der Waals surface area contributed by atoms with Crippen molar-refractivity contribution in [3.63, 3.8) is 0 Å². The normalized spacial score (nSPS) is 10.0. The lowest BCUT2D eigenvalue weighted by atomic mass is 10.2. The molecular weight excluding hydrogens is 282 g/mol. The average Bonchev–Trinajstić information content (AvgIpc) is 2.47. The number of nitro groups is 1. The van der Waals surface area contributed by atoms with Gasteiger partial charge in [0.1, 0.15) is 5.69 Å². The smallest absolute Gasteiger partial charge is 0.292 e. The maximum Gasteiger partial charge on any atom is 0.292 e. The molecule has 22 heavy (non-hydrogen) atoms. The zero-order chi connectivity index (χ0) is 15.9. The maximum absolute atomic E-state index is 11.8. The summed E-state index contributed by atoms with van der Waals surface area (Å²) in [5, 5.41) is 16.6. The van der Waals surface area contributed by atoms with Crippen LogP contribution in [-0.4, -0.2) is 17.4 Å². The first-order valence-electron chi connectivity index (χ1n) is 6.90. The molecule has 6 nitrogen and oxygen atoms in total. The molecule has 2 N–H and O–H groups in total. The quantitative estimate of drug-likeness (QED) is 0.633. The third-order valence-electron chi connectivity index (χ3n) is 3.07. The average molecular weight is 299 g/mol. The van der Waals surface area contributed by atoms with Gasteiger partial charge >= 0.3 is 0 Å². The van der Waals surface area contributed by atoms with Crippen molar-refractivity contribution in [2.75, 3.05) is 17.2 Å². The number of nitrogens with one attached hydrogen (secondary N) is 2. The summed E-state index contributed by atoms with van der Waals surface area (Å²) in [7, 11) is 0. The van der Waals surface area contributed by atoms with Crippen molar-refractivity contribution < 1.29 is 9.72 Å². The Balaban J connectivity index is 1.86. The molecule has 2 aromatic rings. The highest BCUT2D eigenvalue weighted by Crippen LogP contribution is 2.22. The molecule has 0 saturated heterocycles. The first-order valence-corrected chi connectivity index (χ1v) is 6.90. The van der Waals surface area contributed by atoms with Gasteiger partial charge < -0.3 is 10.6 Å². The van der Waals surface area contributed by atoms with Crippen LogP contribution in [-0.2, 0) is 4.79 Å². The van der Waals surface area contributed by atoms with Gasteiger partial charge in [0.15, 0.2) is 0 Å². The first kappa shape index (κ1) is 15.5. The van der Waals surface area contributed by atoms with Crippen molar-refractivity contribution in [2.45, 2.75) is 13.3 Å². The van der Waals surface area contributed by atoms with Gasteiger partial charge in [0, 0.05) is 24.7 Å². The summed E-state index contributed by atoms with van der Waals surface area (Å²) < 4.78 is 0. The Morgan fingerprint density at radius 1 is 1.18 bits per heavy atom. The van der Waals surface area contributed by atoms with Gasteiger partial charge in [-0.2, -0.15) is 0 Å². The Bertz CT molecular complexity index is 686. The third-order valence-corrected chi connectivity index (χ3v) is 3.07. The van der Waals surface area contributed by atoms with Gasteiger partial charge in [0.2, 0.25) is 5.91 Å². The van der Waals surface area contributed by atoms with Gasteiger partial charge in [0.25, 0.3) is 5.69 Å². The summed E-state index contributed by atoms with van der Waals surface area (Å²) in [6.45, 7) is 2.27. The van der Waals surface area contributed by atoms with Crippen LogP contribution in [0.25, 0.3) is 0 Å². The minimum Gasteiger partial charge on any atom is -0.379 e. The van der Waals surface area contributed by atoms with Gasteiger partial charge in [0.05, 0.1) is 4.92 Å². The van der Waals surface area contributed by atoms with E-state index in [1.165, 1.54) is 6.07 Å². The molecule has 0 unspecified atom stereocenters. The number of rotatable bonds is 6. The van der Waals surface area contributed by atoms with E-state index >= 15 is 0 Å². The maximum atomic E-state index is 11.8. The van der Waals surface area contributed by atoms with Crippen molar-refractivity contribution in [3.8, 4) is 0 Å². The summed E-state index contributed by atoms with van der Waals surface area (Å²) >= 11 is 0. The van der Waals surface area contributed by atoms with Gasteiger partial charge in [-0.25, -0.2) is 0 Å². The van der Waals surface area contributed by atoms with E-state index in [0.717, 1.165) is 11.3 Å². The van der Waals surface area contributed by atoms with E-state index in [2.05, 4.69) is 10.6 Å². The van der Waals surface area contributed by atoms with Crippen LogP contribution in [0.3, 0.4) is 0 Å². The van der Waals surface area contributed by atoms with Crippen LogP contribution in [0.5, 0.6) is 0 Å². The number of carbonyl (C=O) groups excluding carboxylic acids is 1. The third kappa shape index (κ3) is 4.31. The second kappa shape index (κ2) is 7.21. The molecule has 0 spiro atoms. The van der Waals surface area contributed by atoms with Crippen LogP contribution in [0.15, 0.2) is 48.5 Å². The lowest BCUT2D eigenvalue weighted by molar-refractivity contribution is -0.384. The van der Waals surface area contributed by atoms with Crippen molar-refractivity contribution >= 4 is 23.0 Å². The predicted molar refractivity (Wildman–Crippen MR) is 86.0 cm³/mol. The molecular formula is C16H17N3O3. The topological polar surface area (TPSA) is 84.3 Å². The molecule has 0 saturated carbocycles. The second-order valence-electron chi connectivity index (χ2n) is 4.87. The van der Waals surface area contributed by atoms with Crippen molar-refractivity contribution in [2.24, 2.45) is 0 Å². The Kier molecular flexibility index (Phi) is 5.08. The molecule has 2 rings (SSSR count). The monoisotopic (exact) mass is 299 g/mol. The molecule has 0 aliphatic heterocycles. The number of aryl methyl sites for hydroxylation is 1. The minimum atomic E-state index is -0.449.